The maximum atomic E-state index is 5.92. The first-order chi connectivity index (χ1) is 10.3. The van der Waals surface area contributed by atoms with Crippen LogP contribution in [0.5, 0.6) is 11.5 Å². The highest BCUT2D eigenvalue weighted by atomic mass is 32.1. The van der Waals surface area contributed by atoms with E-state index < -0.39 is 0 Å². The van der Waals surface area contributed by atoms with Crippen molar-refractivity contribution in [2.75, 3.05) is 13.7 Å². The van der Waals surface area contributed by atoms with Crippen LogP contribution in [0.1, 0.15) is 30.2 Å². The number of ether oxygens (including phenoxy) is 2. The van der Waals surface area contributed by atoms with Crippen LogP contribution in [0.3, 0.4) is 0 Å². The molecule has 0 fully saturated rings. The van der Waals surface area contributed by atoms with Crippen molar-refractivity contribution < 1.29 is 9.47 Å². The quantitative estimate of drug-likeness (QED) is 0.703. The van der Waals surface area contributed by atoms with Crippen molar-refractivity contribution in [3.63, 3.8) is 0 Å². The standard InChI is InChI=1S/C17H23NO2S/c1-3-4-10-20-17-14(7-5-9-16(17)19-2)12-18-13-15-8-6-11-21-15/h5-9,11,18H,3-4,10,12-13H2,1-2H3. The normalized spacial score (nSPS) is 10.6. The van der Waals surface area contributed by atoms with Crippen LogP contribution in [-0.2, 0) is 13.1 Å². The Balaban J connectivity index is 1.99. The molecule has 2 aromatic rings. The number of methoxy groups -OCH3 is 1. The second-order valence-electron chi connectivity index (χ2n) is 4.83. The van der Waals surface area contributed by atoms with Crippen LogP contribution >= 0.6 is 11.3 Å². The van der Waals surface area contributed by atoms with E-state index in [-0.39, 0.29) is 0 Å². The molecule has 0 aliphatic rings. The molecule has 0 saturated heterocycles. The van der Waals surface area contributed by atoms with Gasteiger partial charge < -0.3 is 14.8 Å². The molecule has 0 atom stereocenters. The Morgan fingerprint density at radius 3 is 2.76 bits per heavy atom. The molecule has 114 valence electrons. The molecule has 0 aliphatic carbocycles. The zero-order valence-electron chi connectivity index (χ0n) is 12.7. The minimum Gasteiger partial charge on any atom is -0.493 e. The molecule has 0 unspecified atom stereocenters. The van der Waals surface area contributed by atoms with Crippen molar-refractivity contribution in [2.45, 2.75) is 32.9 Å². The third kappa shape index (κ3) is 4.76. The van der Waals surface area contributed by atoms with Crippen LogP contribution in [0.25, 0.3) is 0 Å². The number of unbranched alkanes of at least 4 members (excludes halogenated alkanes) is 1. The highest BCUT2D eigenvalue weighted by molar-refractivity contribution is 7.09. The van der Waals surface area contributed by atoms with Crippen LogP contribution in [0.2, 0.25) is 0 Å². The SMILES string of the molecule is CCCCOc1c(CNCc2cccs2)cccc1OC. The van der Waals surface area contributed by atoms with Gasteiger partial charge in [0.15, 0.2) is 11.5 Å². The van der Waals surface area contributed by atoms with E-state index in [0.29, 0.717) is 0 Å². The number of thiophene rings is 1. The van der Waals surface area contributed by atoms with Crippen LogP contribution in [0.15, 0.2) is 35.7 Å². The molecule has 0 amide bonds. The van der Waals surface area contributed by atoms with Gasteiger partial charge in [-0.25, -0.2) is 0 Å². The number of rotatable bonds is 9. The summed E-state index contributed by atoms with van der Waals surface area (Å²) in [4.78, 5) is 1.34. The second-order valence-corrected chi connectivity index (χ2v) is 5.87. The molecule has 1 aromatic heterocycles. The summed E-state index contributed by atoms with van der Waals surface area (Å²) < 4.78 is 11.3. The van der Waals surface area contributed by atoms with Gasteiger partial charge in [-0.1, -0.05) is 31.5 Å². The average molecular weight is 305 g/mol. The van der Waals surface area contributed by atoms with E-state index in [1.54, 1.807) is 18.4 Å². The monoisotopic (exact) mass is 305 g/mol. The van der Waals surface area contributed by atoms with E-state index >= 15 is 0 Å². The van der Waals surface area contributed by atoms with Gasteiger partial charge in [0.25, 0.3) is 0 Å². The van der Waals surface area contributed by atoms with Gasteiger partial charge in [0, 0.05) is 23.5 Å². The summed E-state index contributed by atoms with van der Waals surface area (Å²) in [5, 5.41) is 5.56. The van der Waals surface area contributed by atoms with Crippen molar-refractivity contribution in [2.24, 2.45) is 0 Å². The Bertz CT molecular complexity index is 526. The van der Waals surface area contributed by atoms with Gasteiger partial charge in [-0.15, -0.1) is 11.3 Å². The maximum Gasteiger partial charge on any atom is 0.165 e. The highest BCUT2D eigenvalue weighted by Crippen LogP contribution is 2.31. The molecule has 1 aromatic carbocycles. The fourth-order valence-corrected chi connectivity index (χ4v) is 2.75. The van der Waals surface area contributed by atoms with Crippen LogP contribution in [-0.4, -0.2) is 13.7 Å². The number of benzene rings is 1. The number of hydrogen-bond acceptors (Lipinski definition) is 4. The first kappa shape index (κ1) is 15.9. The fourth-order valence-electron chi connectivity index (χ4n) is 2.08. The molecule has 0 saturated carbocycles. The van der Waals surface area contributed by atoms with Gasteiger partial charge >= 0.3 is 0 Å². The first-order valence-electron chi connectivity index (χ1n) is 7.37. The summed E-state index contributed by atoms with van der Waals surface area (Å²) in [7, 11) is 1.69. The smallest absolute Gasteiger partial charge is 0.165 e. The Morgan fingerprint density at radius 1 is 1.14 bits per heavy atom. The third-order valence-electron chi connectivity index (χ3n) is 3.22. The average Bonchev–Trinajstić information content (AvgIpc) is 3.02. The predicted molar refractivity (Wildman–Crippen MR) is 88.3 cm³/mol. The predicted octanol–water partition coefficient (Wildman–Crippen LogP) is 4.23. The number of hydrogen-bond donors (Lipinski definition) is 1. The Morgan fingerprint density at radius 2 is 2.05 bits per heavy atom. The molecule has 4 heteroatoms. The number of para-hydroxylation sites is 1. The second kappa shape index (κ2) is 8.70. The maximum absolute atomic E-state index is 5.92. The van der Waals surface area contributed by atoms with Crippen LogP contribution < -0.4 is 14.8 Å². The lowest BCUT2D eigenvalue weighted by atomic mass is 10.2. The summed E-state index contributed by atoms with van der Waals surface area (Å²) in [5.41, 5.74) is 1.14. The van der Waals surface area contributed by atoms with Crippen molar-refractivity contribution in [3.05, 3.63) is 46.2 Å². The van der Waals surface area contributed by atoms with Crippen molar-refractivity contribution in [3.8, 4) is 11.5 Å². The molecule has 3 nitrogen and oxygen atoms in total. The van der Waals surface area contributed by atoms with Gasteiger partial charge in [-0.2, -0.15) is 0 Å². The molecule has 0 bridgehead atoms. The molecule has 2 rings (SSSR count). The van der Waals surface area contributed by atoms with Crippen molar-refractivity contribution >= 4 is 11.3 Å². The largest absolute Gasteiger partial charge is 0.493 e. The molecular weight excluding hydrogens is 282 g/mol. The lowest BCUT2D eigenvalue weighted by molar-refractivity contribution is 0.284. The molecule has 0 spiro atoms. The minimum atomic E-state index is 0.731. The molecule has 0 aliphatic heterocycles. The lowest BCUT2D eigenvalue weighted by Crippen LogP contribution is -2.13. The molecule has 0 radical (unpaired) electrons. The van der Waals surface area contributed by atoms with E-state index in [2.05, 4.69) is 35.8 Å². The van der Waals surface area contributed by atoms with E-state index in [4.69, 9.17) is 9.47 Å². The van der Waals surface area contributed by atoms with E-state index in [0.717, 1.165) is 49.6 Å². The summed E-state index contributed by atoms with van der Waals surface area (Å²) in [6.45, 7) is 4.55. The summed E-state index contributed by atoms with van der Waals surface area (Å²) >= 11 is 1.77. The van der Waals surface area contributed by atoms with Crippen LogP contribution in [0.4, 0.5) is 0 Å². The van der Waals surface area contributed by atoms with Gasteiger partial charge in [-0.05, 0) is 23.9 Å². The fraction of sp³-hybridized carbons (Fsp3) is 0.412. The van der Waals surface area contributed by atoms with E-state index in [1.165, 1.54) is 4.88 Å². The van der Waals surface area contributed by atoms with Gasteiger partial charge in [0.05, 0.1) is 13.7 Å². The molecule has 21 heavy (non-hydrogen) atoms. The van der Waals surface area contributed by atoms with Gasteiger partial charge in [-0.3, -0.25) is 0 Å². The highest BCUT2D eigenvalue weighted by Gasteiger charge is 2.10. The zero-order chi connectivity index (χ0) is 14.9. The summed E-state index contributed by atoms with van der Waals surface area (Å²) in [6, 6.07) is 10.3. The Labute approximate surface area is 130 Å². The zero-order valence-corrected chi connectivity index (χ0v) is 13.5. The first-order valence-corrected chi connectivity index (χ1v) is 8.25. The van der Waals surface area contributed by atoms with Gasteiger partial charge in [0.1, 0.15) is 0 Å². The molecule has 1 N–H and O–H groups in total. The molecule has 1 heterocycles. The summed E-state index contributed by atoms with van der Waals surface area (Å²) in [5.74, 6) is 1.67. The lowest BCUT2D eigenvalue weighted by Gasteiger charge is -2.15. The minimum absolute atomic E-state index is 0.731. The third-order valence-corrected chi connectivity index (χ3v) is 4.10. The van der Waals surface area contributed by atoms with Crippen molar-refractivity contribution in [1.82, 2.24) is 5.32 Å². The van der Waals surface area contributed by atoms with E-state index in [9.17, 15) is 0 Å². The van der Waals surface area contributed by atoms with Crippen LogP contribution in [0, 0.1) is 0 Å². The van der Waals surface area contributed by atoms with Gasteiger partial charge in [0.2, 0.25) is 0 Å². The molecular formula is C17H23NO2S. The Hall–Kier alpha value is -1.52. The van der Waals surface area contributed by atoms with E-state index in [1.807, 2.05) is 12.1 Å². The number of nitrogens with one attached hydrogen (secondary N) is 1. The topological polar surface area (TPSA) is 30.5 Å². The van der Waals surface area contributed by atoms with Crippen molar-refractivity contribution in [1.29, 1.82) is 0 Å². The Kier molecular flexibility index (Phi) is 6.57. The summed E-state index contributed by atoms with van der Waals surface area (Å²) in [6.07, 6.45) is 2.18.